The van der Waals surface area contributed by atoms with Crippen molar-refractivity contribution in [2.45, 2.75) is 38.1 Å². The maximum absolute atomic E-state index is 6.24. The van der Waals surface area contributed by atoms with Crippen LogP contribution in [0.25, 0.3) is 0 Å². The zero-order valence-electron chi connectivity index (χ0n) is 12.3. The van der Waals surface area contributed by atoms with Crippen LogP contribution >= 0.6 is 11.6 Å². The number of halogens is 1. The van der Waals surface area contributed by atoms with Gasteiger partial charge in [-0.25, -0.2) is 0 Å². The normalized spacial score (nSPS) is 19.1. The van der Waals surface area contributed by atoms with Crippen molar-refractivity contribution in [2.24, 2.45) is 5.73 Å². The Kier molecular flexibility index (Phi) is 6.14. The molecule has 1 aromatic rings. The fourth-order valence-corrected chi connectivity index (χ4v) is 3.24. The maximum Gasteiger partial charge on any atom is 0.137 e. The highest BCUT2D eigenvalue weighted by Gasteiger charge is 2.20. The predicted octanol–water partition coefficient (Wildman–Crippen LogP) is 3.61. The van der Waals surface area contributed by atoms with E-state index in [4.69, 9.17) is 22.1 Å². The van der Waals surface area contributed by atoms with E-state index >= 15 is 0 Å². The van der Waals surface area contributed by atoms with Crippen LogP contribution in [0, 0.1) is 0 Å². The van der Waals surface area contributed by atoms with Crippen molar-refractivity contribution in [3.05, 3.63) is 28.8 Å². The van der Waals surface area contributed by atoms with Crippen LogP contribution in [-0.2, 0) is 0 Å². The number of likely N-dealkylation sites (tertiary alicyclic amines) is 1. The summed E-state index contributed by atoms with van der Waals surface area (Å²) in [7, 11) is 1.64. The van der Waals surface area contributed by atoms with E-state index in [1.54, 1.807) is 7.11 Å². The smallest absolute Gasteiger partial charge is 0.137 e. The minimum absolute atomic E-state index is 0.261. The molecule has 1 heterocycles. The molecule has 20 heavy (non-hydrogen) atoms. The molecule has 0 spiro atoms. The molecule has 1 atom stereocenters. The number of nitrogens with zero attached hydrogens (tertiary/aromatic N) is 1. The van der Waals surface area contributed by atoms with E-state index in [0.717, 1.165) is 18.8 Å². The van der Waals surface area contributed by atoms with Crippen molar-refractivity contribution in [1.82, 2.24) is 4.90 Å². The molecule has 2 N–H and O–H groups in total. The van der Waals surface area contributed by atoms with Gasteiger partial charge in [0.05, 0.1) is 12.1 Å². The molecule has 1 aliphatic heterocycles. The zero-order valence-corrected chi connectivity index (χ0v) is 13.0. The van der Waals surface area contributed by atoms with Crippen LogP contribution in [0.5, 0.6) is 5.75 Å². The molecule has 0 aromatic heterocycles. The minimum atomic E-state index is 0.261. The molecule has 4 heteroatoms. The summed E-state index contributed by atoms with van der Waals surface area (Å²) in [5.41, 5.74) is 7.22. The first-order valence-electron chi connectivity index (χ1n) is 7.54. The number of ether oxygens (including phenoxy) is 1. The largest absolute Gasteiger partial charge is 0.495 e. The number of rotatable bonds is 4. The Hall–Kier alpha value is -0.770. The van der Waals surface area contributed by atoms with E-state index in [9.17, 15) is 0 Å². The van der Waals surface area contributed by atoms with Crippen LogP contribution in [0.2, 0.25) is 5.02 Å². The van der Waals surface area contributed by atoms with Gasteiger partial charge in [0.1, 0.15) is 5.75 Å². The van der Waals surface area contributed by atoms with Crippen LogP contribution in [0.15, 0.2) is 18.2 Å². The topological polar surface area (TPSA) is 38.5 Å². The molecule has 0 aliphatic carbocycles. The molecule has 3 nitrogen and oxygen atoms in total. The number of hydrogen-bond acceptors (Lipinski definition) is 3. The lowest BCUT2D eigenvalue weighted by molar-refractivity contribution is 0.183. The summed E-state index contributed by atoms with van der Waals surface area (Å²) in [5.74, 6) is 0.721. The van der Waals surface area contributed by atoms with Crippen LogP contribution in [-0.4, -0.2) is 31.6 Å². The maximum atomic E-state index is 6.24. The molecule has 1 fully saturated rings. The minimum Gasteiger partial charge on any atom is -0.495 e. The average molecular weight is 297 g/mol. The van der Waals surface area contributed by atoms with Gasteiger partial charge in [-0.1, -0.05) is 36.9 Å². The Labute approximate surface area is 127 Å². The van der Waals surface area contributed by atoms with E-state index in [0.29, 0.717) is 11.6 Å². The summed E-state index contributed by atoms with van der Waals surface area (Å²) in [6.07, 6.45) is 6.56. The van der Waals surface area contributed by atoms with Crippen molar-refractivity contribution in [1.29, 1.82) is 0 Å². The second kappa shape index (κ2) is 7.87. The lowest BCUT2D eigenvalue weighted by atomic mass is 10.0. The molecule has 1 saturated heterocycles. The van der Waals surface area contributed by atoms with E-state index in [1.165, 1.54) is 37.7 Å². The van der Waals surface area contributed by atoms with Crippen LogP contribution in [0.3, 0.4) is 0 Å². The Bertz CT molecular complexity index is 417. The van der Waals surface area contributed by atoms with Gasteiger partial charge < -0.3 is 10.5 Å². The molecule has 1 unspecified atom stereocenters. The summed E-state index contributed by atoms with van der Waals surface area (Å²) < 4.78 is 5.22. The third-order valence-corrected chi connectivity index (χ3v) is 4.41. The van der Waals surface area contributed by atoms with Gasteiger partial charge in [0.15, 0.2) is 0 Å². The summed E-state index contributed by atoms with van der Waals surface area (Å²) in [6, 6.07) is 6.28. The van der Waals surface area contributed by atoms with Gasteiger partial charge in [-0.05, 0) is 43.6 Å². The van der Waals surface area contributed by atoms with Crippen LogP contribution < -0.4 is 10.5 Å². The first kappa shape index (κ1) is 15.6. The first-order chi connectivity index (χ1) is 9.76. The molecule has 112 valence electrons. The van der Waals surface area contributed by atoms with E-state index in [1.807, 2.05) is 12.1 Å². The summed E-state index contributed by atoms with van der Waals surface area (Å²) in [4.78, 5) is 2.51. The van der Waals surface area contributed by atoms with Crippen molar-refractivity contribution in [3.8, 4) is 5.75 Å². The third kappa shape index (κ3) is 3.87. The standard InChI is InChI=1S/C16H25ClN2O/c1-20-16-8-7-13(11-14(16)17)15(12-18)19-9-5-3-2-4-6-10-19/h7-8,11,15H,2-6,9-10,12,18H2,1H3. The van der Waals surface area contributed by atoms with Gasteiger partial charge in [-0.2, -0.15) is 0 Å². The number of nitrogens with two attached hydrogens (primary N) is 1. The Morgan fingerprint density at radius 2 is 1.85 bits per heavy atom. The zero-order chi connectivity index (χ0) is 14.4. The quantitative estimate of drug-likeness (QED) is 0.922. The van der Waals surface area contributed by atoms with Crippen LogP contribution in [0.4, 0.5) is 0 Å². The second-order valence-corrected chi connectivity index (χ2v) is 5.86. The monoisotopic (exact) mass is 296 g/mol. The van der Waals surface area contributed by atoms with Gasteiger partial charge in [0, 0.05) is 12.6 Å². The fraction of sp³-hybridized carbons (Fsp3) is 0.625. The first-order valence-corrected chi connectivity index (χ1v) is 7.91. The SMILES string of the molecule is COc1ccc(C(CN)N2CCCCCCC2)cc1Cl. The van der Waals surface area contributed by atoms with Crippen molar-refractivity contribution in [2.75, 3.05) is 26.7 Å². The van der Waals surface area contributed by atoms with Crippen LogP contribution in [0.1, 0.15) is 43.7 Å². The molecule has 2 rings (SSSR count). The van der Waals surface area contributed by atoms with Crippen molar-refractivity contribution in [3.63, 3.8) is 0 Å². The lowest BCUT2D eigenvalue weighted by Gasteiger charge is -2.32. The molecule has 0 radical (unpaired) electrons. The van der Waals surface area contributed by atoms with E-state index in [-0.39, 0.29) is 6.04 Å². The Morgan fingerprint density at radius 1 is 1.20 bits per heavy atom. The van der Waals surface area contributed by atoms with E-state index < -0.39 is 0 Å². The molecule has 0 amide bonds. The van der Waals surface area contributed by atoms with Gasteiger partial charge in [0.2, 0.25) is 0 Å². The summed E-state index contributed by atoms with van der Waals surface area (Å²) in [5, 5.41) is 0.662. The van der Waals surface area contributed by atoms with Crippen molar-refractivity contribution >= 4 is 11.6 Å². The molecule has 0 saturated carbocycles. The molecule has 1 aromatic carbocycles. The van der Waals surface area contributed by atoms with E-state index in [2.05, 4.69) is 11.0 Å². The molecular weight excluding hydrogens is 272 g/mol. The molecular formula is C16H25ClN2O. The van der Waals surface area contributed by atoms with Gasteiger partial charge >= 0.3 is 0 Å². The highest BCUT2D eigenvalue weighted by molar-refractivity contribution is 6.32. The predicted molar refractivity (Wildman–Crippen MR) is 84.5 cm³/mol. The average Bonchev–Trinajstić information content (AvgIpc) is 2.42. The Morgan fingerprint density at radius 3 is 2.40 bits per heavy atom. The van der Waals surface area contributed by atoms with Gasteiger partial charge in [-0.3, -0.25) is 4.90 Å². The molecule has 0 bridgehead atoms. The number of methoxy groups -OCH3 is 1. The van der Waals surface area contributed by atoms with Crippen molar-refractivity contribution < 1.29 is 4.74 Å². The second-order valence-electron chi connectivity index (χ2n) is 5.45. The lowest BCUT2D eigenvalue weighted by Crippen LogP contribution is -2.36. The Balaban J connectivity index is 2.15. The fourth-order valence-electron chi connectivity index (χ4n) is 2.97. The highest BCUT2D eigenvalue weighted by Crippen LogP contribution is 2.30. The van der Waals surface area contributed by atoms with Gasteiger partial charge in [0.25, 0.3) is 0 Å². The van der Waals surface area contributed by atoms with Gasteiger partial charge in [-0.15, -0.1) is 0 Å². The number of benzene rings is 1. The number of hydrogen-bond donors (Lipinski definition) is 1. The third-order valence-electron chi connectivity index (χ3n) is 4.12. The highest BCUT2D eigenvalue weighted by atomic mass is 35.5. The summed E-state index contributed by atoms with van der Waals surface area (Å²) >= 11 is 6.24. The molecule has 1 aliphatic rings. The summed E-state index contributed by atoms with van der Waals surface area (Å²) in [6.45, 7) is 2.89.